The van der Waals surface area contributed by atoms with Crippen LogP contribution in [-0.2, 0) is 0 Å². The smallest absolute Gasteiger partial charge is 0.251 e. The number of nitrogens with zero attached hydrogens (tertiary/aromatic N) is 3. The van der Waals surface area contributed by atoms with Crippen molar-refractivity contribution in [3.8, 4) is 22.9 Å². The summed E-state index contributed by atoms with van der Waals surface area (Å²) in [4.78, 5) is 3.91. The fourth-order valence-corrected chi connectivity index (χ4v) is 1.60. The highest BCUT2D eigenvalue weighted by atomic mass is 19.1. The van der Waals surface area contributed by atoms with Crippen LogP contribution < -0.4 is 0 Å². The van der Waals surface area contributed by atoms with Gasteiger partial charge in [-0.15, -0.1) is 10.2 Å². The van der Waals surface area contributed by atoms with Gasteiger partial charge in [-0.25, -0.2) is 8.78 Å². The van der Waals surface area contributed by atoms with Crippen LogP contribution in [0.4, 0.5) is 8.78 Å². The van der Waals surface area contributed by atoms with Crippen molar-refractivity contribution in [3.05, 3.63) is 54.4 Å². The van der Waals surface area contributed by atoms with Crippen molar-refractivity contribution in [1.29, 1.82) is 0 Å². The molecule has 0 saturated carbocycles. The lowest BCUT2D eigenvalue weighted by Gasteiger charge is -1.97. The summed E-state index contributed by atoms with van der Waals surface area (Å²) < 4.78 is 32.0. The van der Waals surface area contributed by atoms with E-state index in [0.29, 0.717) is 5.56 Å². The Morgan fingerprint density at radius 1 is 1.00 bits per heavy atom. The van der Waals surface area contributed by atoms with Crippen molar-refractivity contribution < 1.29 is 13.2 Å². The van der Waals surface area contributed by atoms with Crippen molar-refractivity contribution >= 4 is 0 Å². The molecule has 0 unspecified atom stereocenters. The first kappa shape index (κ1) is 11.5. The lowest BCUT2D eigenvalue weighted by Crippen LogP contribution is -1.86. The maximum atomic E-state index is 13.6. The molecule has 0 saturated heterocycles. The third kappa shape index (κ3) is 2.20. The summed E-state index contributed by atoms with van der Waals surface area (Å²) >= 11 is 0. The summed E-state index contributed by atoms with van der Waals surface area (Å²) in [5.41, 5.74) is 0.542. The minimum Gasteiger partial charge on any atom is -0.416 e. The van der Waals surface area contributed by atoms with Crippen LogP contribution in [0.25, 0.3) is 22.9 Å². The first-order valence-electron chi connectivity index (χ1n) is 5.43. The van der Waals surface area contributed by atoms with E-state index in [1.807, 2.05) is 0 Å². The summed E-state index contributed by atoms with van der Waals surface area (Å²) in [6.45, 7) is 0. The molecule has 1 aromatic carbocycles. The zero-order valence-corrected chi connectivity index (χ0v) is 9.55. The lowest BCUT2D eigenvalue weighted by atomic mass is 10.2. The fourth-order valence-electron chi connectivity index (χ4n) is 1.60. The molecule has 0 atom stereocenters. The minimum absolute atomic E-state index is 0.0670. The first-order chi connectivity index (χ1) is 9.24. The van der Waals surface area contributed by atoms with E-state index in [-0.39, 0.29) is 17.3 Å². The van der Waals surface area contributed by atoms with Crippen molar-refractivity contribution in [2.24, 2.45) is 0 Å². The number of rotatable bonds is 2. The third-order valence-electron chi connectivity index (χ3n) is 2.49. The summed E-state index contributed by atoms with van der Waals surface area (Å²) in [5, 5.41) is 7.50. The van der Waals surface area contributed by atoms with Gasteiger partial charge in [0.25, 0.3) is 5.89 Å². The van der Waals surface area contributed by atoms with E-state index in [9.17, 15) is 8.78 Å². The quantitative estimate of drug-likeness (QED) is 0.709. The molecule has 4 nitrogen and oxygen atoms in total. The topological polar surface area (TPSA) is 51.8 Å². The van der Waals surface area contributed by atoms with Crippen molar-refractivity contribution in [2.75, 3.05) is 0 Å². The Morgan fingerprint density at radius 3 is 2.63 bits per heavy atom. The van der Waals surface area contributed by atoms with Gasteiger partial charge in [0.2, 0.25) is 5.89 Å². The van der Waals surface area contributed by atoms with Gasteiger partial charge in [0.05, 0.1) is 11.1 Å². The predicted molar refractivity (Wildman–Crippen MR) is 62.9 cm³/mol. The van der Waals surface area contributed by atoms with Gasteiger partial charge >= 0.3 is 0 Å². The number of halogens is 2. The van der Waals surface area contributed by atoms with Crippen LogP contribution in [0.3, 0.4) is 0 Å². The average Bonchev–Trinajstić information content (AvgIpc) is 2.92. The summed E-state index contributed by atoms with van der Waals surface area (Å²) in [6.07, 6.45) is 3.15. The van der Waals surface area contributed by atoms with Gasteiger partial charge in [-0.1, -0.05) is 0 Å². The summed E-state index contributed by atoms with van der Waals surface area (Å²) in [5.74, 6) is -1.07. The molecule has 0 radical (unpaired) electrons. The van der Waals surface area contributed by atoms with Crippen LogP contribution in [0.1, 0.15) is 0 Å². The standard InChI is InChI=1S/C13H7F2N3O/c14-9-3-4-11(15)10(6-9)13-18-17-12(19-13)8-2-1-5-16-7-8/h1-7H. The molecule has 3 aromatic rings. The van der Waals surface area contributed by atoms with E-state index < -0.39 is 11.6 Å². The Labute approximate surface area is 106 Å². The Balaban J connectivity index is 2.04. The molecule has 0 amide bonds. The fraction of sp³-hybridized carbons (Fsp3) is 0. The molecule has 0 aliphatic carbocycles. The average molecular weight is 259 g/mol. The number of hydrogen-bond donors (Lipinski definition) is 0. The van der Waals surface area contributed by atoms with Crippen LogP contribution in [0.15, 0.2) is 47.1 Å². The highest BCUT2D eigenvalue weighted by Gasteiger charge is 2.14. The van der Waals surface area contributed by atoms with Crippen LogP contribution in [0.2, 0.25) is 0 Å². The van der Waals surface area contributed by atoms with E-state index in [1.165, 1.54) is 0 Å². The van der Waals surface area contributed by atoms with Gasteiger partial charge in [0, 0.05) is 12.4 Å². The number of hydrogen-bond acceptors (Lipinski definition) is 4. The molecule has 0 N–H and O–H groups in total. The van der Waals surface area contributed by atoms with Crippen LogP contribution >= 0.6 is 0 Å². The van der Waals surface area contributed by atoms with E-state index >= 15 is 0 Å². The second kappa shape index (κ2) is 4.56. The largest absolute Gasteiger partial charge is 0.416 e. The van der Waals surface area contributed by atoms with Gasteiger partial charge < -0.3 is 4.42 Å². The highest BCUT2D eigenvalue weighted by molar-refractivity contribution is 5.57. The maximum absolute atomic E-state index is 13.6. The van der Waals surface area contributed by atoms with Crippen LogP contribution in [0, 0.1) is 11.6 Å². The van der Waals surface area contributed by atoms with Crippen LogP contribution in [-0.4, -0.2) is 15.2 Å². The molecule has 6 heteroatoms. The zero-order chi connectivity index (χ0) is 13.2. The first-order valence-corrected chi connectivity index (χ1v) is 5.43. The van der Waals surface area contributed by atoms with E-state index in [0.717, 1.165) is 18.2 Å². The second-order valence-electron chi connectivity index (χ2n) is 3.78. The van der Waals surface area contributed by atoms with E-state index in [1.54, 1.807) is 24.5 Å². The molecule has 19 heavy (non-hydrogen) atoms. The van der Waals surface area contributed by atoms with E-state index in [2.05, 4.69) is 15.2 Å². The molecular formula is C13H7F2N3O. The van der Waals surface area contributed by atoms with Gasteiger partial charge in [-0.3, -0.25) is 4.98 Å². The molecule has 2 aromatic heterocycles. The normalized spacial score (nSPS) is 10.6. The summed E-state index contributed by atoms with van der Waals surface area (Å²) in [6, 6.07) is 6.49. The van der Waals surface area contributed by atoms with E-state index in [4.69, 9.17) is 4.42 Å². The zero-order valence-electron chi connectivity index (χ0n) is 9.55. The van der Waals surface area contributed by atoms with Gasteiger partial charge in [0.1, 0.15) is 11.6 Å². The van der Waals surface area contributed by atoms with Crippen molar-refractivity contribution in [2.45, 2.75) is 0 Å². The molecule has 2 heterocycles. The highest BCUT2D eigenvalue weighted by Crippen LogP contribution is 2.25. The Hall–Kier alpha value is -2.63. The van der Waals surface area contributed by atoms with Crippen molar-refractivity contribution in [1.82, 2.24) is 15.2 Å². The molecular weight excluding hydrogens is 252 g/mol. The second-order valence-corrected chi connectivity index (χ2v) is 3.78. The Bertz CT molecular complexity index is 713. The predicted octanol–water partition coefficient (Wildman–Crippen LogP) is 3.08. The molecule has 0 aliphatic rings. The number of benzene rings is 1. The Kier molecular flexibility index (Phi) is 2.75. The molecule has 0 fully saturated rings. The van der Waals surface area contributed by atoms with Crippen molar-refractivity contribution in [3.63, 3.8) is 0 Å². The lowest BCUT2D eigenvalue weighted by molar-refractivity contribution is 0.564. The number of pyridine rings is 1. The molecule has 0 bridgehead atoms. The SMILES string of the molecule is Fc1ccc(F)c(-c2nnc(-c3cccnc3)o2)c1. The molecule has 3 rings (SSSR count). The molecule has 0 spiro atoms. The van der Waals surface area contributed by atoms with Gasteiger partial charge in [0.15, 0.2) is 0 Å². The number of aromatic nitrogens is 3. The third-order valence-corrected chi connectivity index (χ3v) is 2.49. The van der Waals surface area contributed by atoms with Gasteiger partial charge in [-0.05, 0) is 30.3 Å². The molecule has 94 valence electrons. The summed E-state index contributed by atoms with van der Waals surface area (Å²) in [7, 11) is 0. The monoisotopic (exact) mass is 259 g/mol. The Morgan fingerprint density at radius 2 is 1.84 bits per heavy atom. The van der Waals surface area contributed by atoms with Crippen LogP contribution in [0.5, 0.6) is 0 Å². The maximum Gasteiger partial charge on any atom is 0.251 e. The minimum atomic E-state index is -0.622. The molecule has 0 aliphatic heterocycles. The van der Waals surface area contributed by atoms with Gasteiger partial charge in [-0.2, -0.15) is 0 Å².